The van der Waals surface area contributed by atoms with Crippen LogP contribution in [0, 0.1) is 6.92 Å². The molecule has 0 bridgehead atoms. The van der Waals surface area contributed by atoms with Crippen molar-refractivity contribution in [2.45, 2.75) is 25.9 Å². The van der Waals surface area contributed by atoms with Crippen molar-refractivity contribution >= 4 is 17.2 Å². The summed E-state index contributed by atoms with van der Waals surface area (Å²) in [6, 6.07) is 1.82. The average molecular weight is 210 g/mol. The summed E-state index contributed by atoms with van der Waals surface area (Å²) in [5.41, 5.74) is 6.91. The third-order valence-corrected chi connectivity index (χ3v) is 3.65. The largest absolute Gasteiger partial charge is 0.336 e. The summed E-state index contributed by atoms with van der Waals surface area (Å²) in [6.45, 7) is 3.61. The first-order valence-electron chi connectivity index (χ1n) is 4.76. The number of hydrogen-bond donors (Lipinski definition) is 1. The maximum absolute atomic E-state index is 11.5. The van der Waals surface area contributed by atoms with Crippen molar-refractivity contribution in [1.29, 1.82) is 0 Å². The lowest BCUT2D eigenvalue weighted by atomic mass is 10.3. The van der Waals surface area contributed by atoms with Gasteiger partial charge in [0.05, 0.1) is 12.6 Å². The Kier molecular flexibility index (Phi) is 2.56. The Morgan fingerprint density at radius 2 is 2.50 bits per heavy atom. The molecule has 4 heteroatoms. The van der Waals surface area contributed by atoms with Crippen molar-refractivity contribution in [3.63, 3.8) is 0 Å². The standard InChI is InChI=1S/C10H14N2OS/c1-7-3-5-14-9(7)6-12-4-2-8(11)10(12)13/h3,5,8H,2,4,6,11H2,1H3. The molecule has 1 aromatic rings. The first-order valence-corrected chi connectivity index (χ1v) is 5.64. The van der Waals surface area contributed by atoms with Crippen LogP contribution < -0.4 is 5.73 Å². The van der Waals surface area contributed by atoms with Gasteiger partial charge in [-0.3, -0.25) is 4.79 Å². The van der Waals surface area contributed by atoms with E-state index in [-0.39, 0.29) is 11.9 Å². The third kappa shape index (κ3) is 1.67. The van der Waals surface area contributed by atoms with Gasteiger partial charge in [-0.15, -0.1) is 11.3 Å². The van der Waals surface area contributed by atoms with Crippen LogP contribution in [0.3, 0.4) is 0 Å². The Labute approximate surface area is 87.5 Å². The van der Waals surface area contributed by atoms with E-state index in [1.807, 2.05) is 4.90 Å². The van der Waals surface area contributed by atoms with Crippen LogP contribution in [0.1, 0.15) is 16.9 Å². The first-order chi connectivity index (χ1) is 6.68. The summed E-state index contributed by atoms with van der Waals surface area (Å²) < 4.78 is 0. The molecule has 1 aliphatic rings. The van der Waals surface area contributed by atoms with Gasteiger partial charge in [-0.05, 0) is 30.4 Å². The number of thiophene rings is 1. The van der Waals surface area contributed by atoms with E-state index in [9.17, 15) is 4.79 Å². The van der Waals surface area contributed by atoms with Gasteiger partial charge < -0.3 is 10.6 Å². The molecule has 14 heavy (non-hydrogen) atoms. The monoisotopic (exact) mass is 210 g/mol. The summed E-state index contributed by atoms with van der Waals surface area (Å²) in [4.78, 5) is 14.7. The second-order valence-corrected chi connectivity index (χ2v) is 4.68. The molecule has 0 spiro atoms. The van der Waals surface area contributed by atoms with E-state index in [1.165, 1.54) is 10.4 Å². The van der Waals surface area contributed by atoms with E-state index in [0.717, 1.165) is 19.5 Å². The lowest BCUT2D eigenvalue weighted by Crippen LogP contribution is -2.33. The van der Waals surface area contributed by atoms with Crippen molar-refractivity contribution < 1.29 is 4.79 Å². The Morgan fingerprint density at radius 3 is 3.00 bits per heavy atom. The highest BCUT2D eigenvalue weighted by molar-refractivity contribution is 7.10. The number of amides is 1. The van der Waals surface area contributed by atoms with Crippen molar-refractivity contribution in [2.24, 2.45) is 5.73 Å². The molecule has 1 unspecified atom stereocenters. The smallest absolute Gasteiger partial charge is 0.239 e. The third-order valence-electron chi connectivity index (χ3n) is 2.64. The molecule has 2 heterocycles. The number of aryl methyl sites for hydroxylation is 1. The minimum Gasteiger partial charge on any atom is -0.336 e. The SMILES string of the molecule is Cc1ccsc1CN1CCC(N)C1=O. The maximum atomic E-state index is 11.5. The molecule has 2 rings (SSSR count). The molecule has 3 nitrogen and oxygen atoms in total. The highest BCUT2D eigenvalue weighted by atomic mass is 32.1. The highest BCUT2D eigenvalue weighted by Gasteiger charge is 2.28. The van der Waals surface area contributed by atoms with E-state index in [0.29, 0.717) is 0 Å². The maximum Gasteiger partial charge on any atom is 0.239 e. The average Bonchev–Trinajstić information content (AvgIpc) is 2.68. The van der Waals surface area contributed by atoms with Gasteiger partial charge in [-0.2, -0.15) is 0 Å². The van der Waals surface area contributed by atoms with Crippen molar-refractivity contribution in [1.82, 2.24) is 4.90 Å². The molecule has 0 aromatic carbocycles. The van der Waals surface area contributed by atoms with Gasteiger partial charge in [0, 0.05) is 11.4 Å². The minimum absolute atomic E-state index is 0.0952. The number of nitrogens with zero attached hydrogens (tertiary/aromatic N) is 1. The summed E-state index contributed by atoms with van der Waals surface area (Å²) in [5.74, 6) is 0.0952. The van der Waals surface area contributed by atoms with Gasteiger partial charge in [-0.1, -0.05) is 0 Å². The zero-order valence-corrected chi connectivity index (χ0v) is 9.01. The Morgan fingerprint density at radius 1 is 1.71 bits per heavy atom. The van der Waals surface area contributed by atoms with Crippen LogP contribution >= 0.6 is 11.3 Å². The van der Waals surface area contributed by atoms with Crippen LogP contribution in [-0.2, 0) is 11.3 Å². The van der Waals surface area contributed by atoms with Crippen molar-refractivity contribution in [3.8, 4) is 0 Å². The molecule has 1 fully saturated rings. The molecule has 1 aromatic heterocycles. The lowest BCUT2D eigenvalue weighted by molar-refractivity contribution is -0.129. The summed E-state index contributed by atoms with van der Waals surface area (Å²) >= 11 is 1.70. The van der Waals surface area contributed by atoms with Crippen LogP contribution in [0.15, 0.2) is 11.4 Å². The number of nitrogens with two attached hydrogens (primary N) is 1. The minimum atomic E-state index is -0.268. The van der Waals surface area contributed by atoms with Gasteiger partial charge in [0.15, 0.2) is 0 Å². The van der Waals surface area contributed by atoms with Gasteiger partial charge >= 0.3 is 0 Å². The number of carbonyl (C=O) groups excluding carboxylic acids is 1. The quantitative estimate of drug-likeness (QED) is 0.795. The second kappa shape index (κ2) is 3.71. The molecule has 0 saturated carbocycles. The molecule has 1 atom stereocenters. The topological polar surface area (TPSA) is 46.3 Å². The van der Waals surface area contributed by atoms with Crippen molar-refractivity contribution in [3.05, 3.63) is 21.9 Å². The zero-order chi connectivity index (χ0) is 10.1. The van der Waals surface area contributed by atoms with Crippen LogP contribution in [0.4, 0.5) is 0 Å². The van der Waals surface area contributed by atoms with E-state index in [2.05, 4.69) is 18.4 Å². The van der Waals surface area contributed by atoms with Crippen LogP contribution in [-0.4, -0.2) is 23.4 Å². The predicted molar refractivity (Wildman–Crippen MR) is 57.1 cm³/mol. The molecule has 0 radical (unpaired) electrons. The van der Waals surface area contributed by atoms with E-state index in [1.54, 1.807) is 11.3 Å². The fourth-order valence-corrected chi connectivity index (χ4v) is 2.58. The molecule has 76 valence electrons. The van der Waals surface area contributed by atoms with E-state index < -0.39 is 0 Å². The van der Waals surface area contributed by atoms with Gasteiger partial charge in [0.2, 0.25) is 5.91 Å². The number of likely N-dealkylation sites (tertiary alicyclic amines) is 1. The Bertz CT molecular complexity index is 348. The Balaban J connectivity index is 2.06. The van der Waals surface area contributed by atoms with Crippen LogP contribution in [0.5, 0.6) is 0 Å². The van der Waals surface area contributed by atoms with Gasteiger partial charge in [-0.25, -0.2) is 0 Å². The highest BCUT2D eigenvalue weighted by Crippen LogP contribution is 2.20. The van der Waals surface area contributed by atoms with E-state index in [4.69, 9.17) is 5.73 Å². The summed E-state index contributed by atoms with van der Waals surface area (Å²) in [7, 11) is 0. The molecule has 1 amide bonds. The first kappa shape index (κ1) is 9.68. The fraction of sp³-hybridized carbons (Fsp3) is 0.500. The number of hydrogen-bond acceptors (Lipinski definition) is 3. The molecular weight excluding hydrogens is 196 g/mol. The van der Waals surface area contributed by atoms with Crippen LogP contribution in [0.25, 0.3) is 0 Å². The number of rotatable bonds is 2. The second-order valence-electron chi connectivity index (χ2n) is 3.68. The molecular formula is C10H14N2OS. The Hall–Kier alpha value is -0.870. The molecule has 1 saturated heterocycles. The van der Waals surface area contributed by atoms with E-state index >= 15 is 0 Å². The predicted octanol–water partition coefficient (Wildman–Crippen LogP) is 1.12. The van der Waals surface area contributed by atoms with Crippen molar-refractivity contribution in [2.75, 3.05) is 6.54 Å². The molecule has 0 aliphatic carbocycles. The fourth-order valence-electron chi connectivity index (χ4n) is 1.66. The zero-order valence-electron chi connectivity index (χ0n) is 8.19. The van der Waals surface area contributed by atoms with Crippen LogP contribution in [0.2, 0.25) is 0 Å². The van der Waals surface area contributed by atoms with Gasteiger partial charge in [0.1, 0.15) is 0 Å². The summed E-state index contributed by atoms with van der Waals surface area (Å²) in [6.07, 6.45) is 0.795. The lowest BCUT2D eigenvalue weighted by Gasteiger charge is -2.15. The van der Waals surface area contributed by atoms with Gasteiger partial charge in [0.25, 0.3) is 0 Å². The number of carbonyl (C=O) groups is 1. The molecule has 2 N–H and O–H groups in total. The molecule has 1 aliphatic heterocycles. The summed E-state index contributed by atoms with van der Waals surface area (Å²) in [5, 5.41) is 2.06. The normalized spacial score (nSPS) is 22.0.